The largest absolute Gasteiger partial charge is 0.444 e. The number of aliphatic hydroxyl groups is 1. The maximum atomic E-state index is 11.8. The molecule has 0 aromatic rings. The molecule has 0 aliphatic carbocycles. The minimum atomic E-state index is -0.493. The summed E-state index contributed by atoms with van der Waals surface area (Å²) in [6.45, 7) is 8.18. The summed E-state index contributed by atoms with van der Waals surface area (Å²) in [7, 11) is 0. The minimum absolute atomic E-state index is 0.0709. The summed E-state index contributed by atoms with van der Waals surface area (Å²) >= 11 is 0. The fraction of sp³-hybridized carbons (Fsp3) is 0.909. The summed E-state index contributed by atoms with van der Waals surface area (Å²) in [5.74, 6) is 0. The second kappa shape index (κ2) is 5.01. The van der Waals surface area contributed by atoms with Gasteiger partial charge in [-0.3, -0.25) is 0 Å². The lowest BCUT2D eigenvalue weighted by atomic mass is 10.2. The molecule has 0 saturated carbocycles. The number of aliphatic hydroxyl groups excluding tert-OH is 1. The number of carbonyl (C=O) groups is 1. The molecule has 1 rings (SSSR count). The fourth-order valence-corrected chi connectivity index (χ4v) is 1.62. The topological polar surface area (TPSA) is 59.0 Å². The number of carbonyl (C=O) groups excluding carboxylic acids is 1. The fourth-order valence-electron chi connectivity index (χ4n) is 1.62. The number of rotatable bonds is 1. The van der Waals surface area contributed by atoms with Crippen molar-refractivity contribution in [3.8, 4) is 0 Å². The van der Waals surface area contributed by atoms with Crippen molar-refractivity contribution in [1.82, 2.24) is 4.90 Å². The number of morpholine rings is 1. The van der Waals surface area contributed by atoms with E-state index in [1.54, 1.807) is 4.90 Å². The number of ether oxygens (including phenoxy) is 2. The molecule has 0 aromatic carbocycles. The van der Waals surface area contributed by atoms with Gasteiger partial charge in [-0.05, 0) is 27.7 Å². The van der Waals surface area contributed by atoms with E-state index in [0.29, 0.717) is 13.1 Å². The van der Waals surface area contributed by atoms with E-state index in [9.17, 15) is 4.79 Å². The van der Waals surface area contributed by atoms with Crippen molar-refractivity contribution >= 4 is 6.09 Å². The molecule has 16 heavy (non-hydrogen) atoms. The minimum Gasteiger partial charge on any atom is -0.444 e. The van der Waals surface area contributed by atoms with Crippen LogP contribution in [0.15, 0.2) is 0 Å². The summed E-state index contributed by atoms with van der Waals surface area (Å²) in [5.41, 5.74) is -0.493. The van der Waals surface area contributed by atoms with Crippen LogP contribution in [0.5, 0.6) is 0 Å². The van der Waals surface area contributed by atoms with Gasteiger partial charge in [0, 0.05) is 0 Å². The molecule has 2 atom stereocenters. The predicted octanol–water partition coefficient (Wildman–Crippen LogP) is 1.00. The molecule has 1 fully saturated rings. The van der Waals surface area contributed by atoms with Crippen LogP contribution in [0.25, 0.3) is 0 Å². The third kappa shape index (κ3) is 3.98. The molecule has 0 spiro atoms. The third-order valence-corrected chi connectivity index (χ3v) is 2.18. The predicted molar refractivity (Wildman–Crippen MR) is 59.2 cm³/mol. The van der Waals surface area contributed by atoms with E-state index in [1.165, 1.54) is 0 Å². The zero-order valence-corrected chi connectivity index (χ0v) is 10.4. The van der Waals surface area contributed by atoms with Gasteiger partial charge in [0.05, 0.1) is 31.9 Å². The number of nitrogens with zero attached hydrogens (tertiary/aromatic N) is 1. The standard InChI is InChI=1S/C11H21NO4/c1-8-5-12(6-9(7-13)15-8)10(14)16-11(2,3)4/h8-9,13H,5-7H2,1-4H3/t8-,9+/m0/s1. The summed E-state index contributed by atoms with van der Waals surface area (Å²) in [4.78, 5) is 13.4. The van der Waals surface area contributed by atoms with Gasteiger partial charge in [-0.25, -0.2) is 4.79 Å². The van der Waals surface area contributed by atoms with Crippen molar-refractivity contribution in [2.24, 2.45) is 0 Å². The first kappa shape index (κ1) is 13.3. The van der Waals surface area contributed by atoms with Gasteiger partial charge in [-0.2, -0.15) is 0 Å². The molecule has 0 radical (unpaired) electrons. The van der Waals surface area contributed by atoms with Crippen LogP contribution < -0.4 is 0 Å². The molecule has 0 bridgehead atoms. The maximum absolute atomic E-state index is 11.8. The Balaban J connectivity index is 2.55. The normalized spacial score (nSPS) is 26.7. The van der Waals surface area contributed by atoms with Crippen molar-refractivity contribution in [2.45, 2.75) is 45.5 Å². The molecule has 0 unspecified atom stereocenters. The highest BCUT2D eigenvalue weighted by Crippen LogP contribution is 2.15. The van der Waals surface area contributed by atoms with Crippen LogP contribution in [0.2, 0.25) is 0 Å². The average Bonchev–Trinajstić information content (AvgIpc) is 2.14. The highest BCUT2D eigenvalue weighted by molar-refractivity contribution is 5.68. The lowest BCUT2D eigenvalue weighted by molar-refractivity contribution is -0.0956. The van der Waals surface area contributed by atoms with Crippen LogP contribution in [0.3, 0.4) is 0 Å². The Kier molecular flexibility index (Phi) is 4.15. The smallest absolute Gasteiger partial charge is 0.410 e. The molecular formula is C11H21NO4. The van der Waals surface area contributed by atoms with Crippen LogP contribution in [0.4, 0.5) is 4.79 Å². The van der Waals surface area contributed by atoms with Crippen LogP contribution in [0.1, 0.15) is 27.7 Å². The molecular weight excluding hydrogens is 210 g/mol. The molecule has 5 nitrogen and oxygen atoms in total. The van der Waals surface area contributed by atoms with Gasteiger partial charge in [-0.15, -0.1) is 0 Å². The maximum Gasteiger partial charge on any atom is 0.410 e. The van der Waals surface area contributed by atoms with Crippen LogP contribution in [-0.4, -0.2) is 53.6 Å². The Morgan fingerprint density at radius 2 is 2.12 bits per heavy atom. The van der Waals surface area contributed by atoms with Crippen molar-refractivity contribution in [2.75, 3.05) is 19.7 Å². The number of hydrogen-bond donors (Lipinski definition) is 1. The quantitative estimate of drug-likeness (QED) is 0.731. The van der Waals surface area contributed by atoms with Gasteiger partial charge in [0.25, 0.3) is 0 Å². The van der Waals surface area contributed by atoms with E-state index >= 15 is 0 Å². The highest BCUT2D eigenvalue weighted by atomic mass is 16.6. The van der Waals surface area contributed by atoms with E-state index in [4.69, 9.17) is 14.6 Å². The molecule has 1 N–H and O–H groups in total. The zero-order valence-electron chi connectivity index (χ0n) is 10.4. The Bertz CT molecular complexity index is 249. The van der Waals surface area contributed by atoms with Gasteiger partial charge < -0.3 is 19.5 Å². The van der Waals surface area contributed by atoms with E-state index < -0.39 is 5.60 Å². The number of amides is 1. The van der Waals surface area contributed by atoms with Crippen molar-refractivity contribution < 1.29 is 19.4 Å². The highest BCUT2D eigenvalue weighted by Gasteiger charge is 2.30. The Morgan fingerprint density at radius 1 is 1.50 bits per heavy atom. The van der Waals surface area contributed by atoms with Crippen molar-refractivity contribution in [1.29, 1.82) is 0 Å². The van der Waals surface area contributed by atoms with Gasteiger partial charge in [0.1, 0.15) is 5.60 Å². The summed E-state index contributed by atoms with van der Waals surface area (Å²) in [6.07, 6.45) is -0.726. The average molecular weight is 231 g/mol. The third-order valence-electron chi connectivity index (χ3n) is 2.18. The monoisotopic (exact) mass is 231 g/mol. The molecule has 1 aliphatic heterocycles. The van der Waals surface area contributed by atoms with Crippen molar-refractivity contribution in [3.63, 3.8) is 0 Å². The molecule has 1 aliphatic rings. The van der Waals surface area contributed by atoms with Crippen LogP contribution >= 0.6 is 0 Å². The van der Waals surface area contributed by atoms with Gasteiger partial charge >= 0.3 is 6.09 Å². The molecule has 0 aromatic heterocycles. The molecule has 94 valence electrons. The first-order chi connectivity index (χ1) is 7.31. The summed E-state index contributed by atoms with van der Waals surface area (Å²) < 4.78 is 10.7. The van der Waals surface area contributed by atoms with Gasteiger partial charge in [0.15, 0.2) is 0 Å². The van der Waals surface area contributed by atoms with E-state index in [2.05, 4.69) is 0 Å². The van der Waals surface area contributed by atoms with E-state index in [1.807, 2.05) is 27.7 Å². The Hall–Kier alpha value is -0.810. The Labute approximate surface area is 96.3 Å². The molecule has 1 amide bonds. The Morgan fingerprint density at radius 3 is 2.62 bits per heavy atom. The summed E-state index contributed by atoms with van der Waals surface area (Å²) in [5, 5.41) is 9.04. The first-order valence-electron chi connectivity index (χ1n) is 5.56. The van der Waals surface area contributed by atoms with Gasteiger partial charge in [0.2, 0.25) is 0 Å². The summed E-state index contributed by atoms with van der Waals surface area (Å²) in [6, 6.07) is 0. The van der Waals surface area contributed by atoms with Crippen LogP contribution in [0, 0.1) is 0 Å². The second-order valence-corrected chi connectivity index (χ2v) is 5.14. The second-order valence-electron chi connectivity index (χ2n) is 5.14. The van der Waals surface area contributed by atoms with Crippen LogP contribution in [-0.2, 0) is 9.47 Å². The lowest BCUT2D eigenvalue weighted by Crippen LogP contribution is -2.51. The van der Waals surface area contributed by atoms with E-state index in [0.717, 1.165) is 0 Å². The zero-order chi connectivity index (χ0) is 12.3. The van der Waals surface area contributed by atoms with E-state index in [-0.39, 0.29) is 24.9 Å². The molecule has 1 heterocycles. The molecule has 5 heteroatoms. The SMILES string of the molecule is C[C@H]1CN(C(=O)OC(C)(C)C)C[C@H](CO)O1. The lowest BCUT2D eigenvalue weighted by Gasteiger charge is -2.36. The first-order valence-corrected chi connectivity index (χ1v) is 5.56. The van der Waals surface area contributed by atoms with Gasteiger partial charge in [-0.1, -0.05) is 0 Å². The van der Waals surface area contributed by atoms with Crippen molar-refractivity contribution in [3.05, 3.63) is 0 Å². The number of hydrogen-bond acceptors (Lipinski definition) is 4. The molecule has 1 saturated heterocycles.